The van der Waals surface area contributed by atoms with Gasteiger partial charge in [-0.1, -0.05) is 36.4 Å². The normalized spacial score (nSPS) is 14.9. The lowest BCUT2D eigenvalue weighted by molar-refractivity contribution is -0.132. The van der Waals surface area contributed by atoms with Crippen LogP contribution >= 0.6 is 0 Å². The lowest BCUT2D eigenvalue weighted by Gasteiger charge is -2.30. The molecule has 0 atom stereocenters. The maximum atomic E-state index is 13.1. The molecule has 188 valence electrons. The van der Waals surface area contributed by atoms with Crippen molar-refractivity contribution in [2.75, 3.05) is 24.6 Å². The number of aromatic amines is 1. The van der Waals surface area contributed by atoms with Gasteiger partial charge in [0.1, 0.15) is 5.75 Å². The molecule has 9 nitrogen and oxygen atoms in total. The van der Waals surface area contributed by atoms with E-state index in [9.17, 15) is 14.4 Å². The molecule has 0 aliphatic carbocycles. The molecule has 1 N–H and O–H groups in total. The number of aryl methyl sites for hydroxylation is 1. The third kappa shape index (κ3) is 4.26. The predicted octanol–water partition coefficient (Wildman–Crippen LogP) is 3.09. The Bertz CT molecular complexity index is 1570. The van der Waals surface area contributed by atoms with Crippen LogP contribution in [0, 0.1) is 6.92 Å². The topological polar surface area (TPSA) is 100 Å². The molecule has 2 aromatic carbocycles. The Morgan fingerprint density at radius 1 is 1.11 bits per heavy atom. The average Bonchev–Trinajstić information content (AvgIpc) is 3.35. The molecule has 2 aromatic heterocycles. The van der Waals surface area contributed by atoms with Crippen LogP contribution in [0.5, 0.6) is 5.75 Å². The van der Waals surface area contributed by atoms with Crippen LogP contribution in [0.4, 0.5) is 5.69 Å². The lowest BCUT2D eigenvalue weighted by atomic mass is 10.1. The van der Waals surface area contributed by atoms with E-state index in [1.165, 1.54) is 4.52 Å². The SMILES string of the molecule is Cc1ccc2c(c1)N(CCCC(=O)N1CCc3c(nc4cc(-c5ccccc5)[nH]n4c3=O)C1)C(=O)CO2. The number of hydrogen-bond acceptors (Lipinski definition) is 5. The first kappa shape index (κ1) is 23.0. The van der Waals surface area contributed by atoms with Gasteiger partial charge in [-0.25, -0.2) is 9.50 Å². The van der Waals surface area contributed by atoms with Gasteiger partial charge in [0.05, 0.1) is 23.6 Å². The molecule has 0 saturated carbocycles. The molecule has 2 amide bonds. The maximum absolute atomic E-state index is 13.1. The number of H-pyrrole nitrogens is 1. The Labute approximate surface area is 213 Å². The second kappa shape index (κ2) is 9.24. The zero-order valence-corrected chi connectivity index (χ0v) is 20.6. The minimum Gasteiger partial charge on any atom is -0.482 e. The van der Waals surface area contributed by atoms with E-state index >= 15 is 0 Å². The van der Waals surface area contributed by atoms with E-state index in [-0.39, 0.29) is 24.0 Å². The molecule has 0 radical (unpaired) electrons. The molecule has 37 heavy (non-hydrogen) atoms. The van der Waals surface area contributed by atoms with Crippen LogP contribution in [-0.4, -0.2) is 51.0 Å². The van der Waals surface area contributed by atoms with Gasteiger partial charge in [0.25, 0.3) is 11.5 Å². The smallest absolute Gasteiger partial charge is 0.276 e. The highest BCUT2D eigenvalue weighted by molar-refractivity contribution is 5.98. The van der Waals surface area contributed by atoms with Crippen molar-refractivity contribution in [3.05, 3.63) is 81.8 Å². The number of carbonyl (C=O) groups is 2. The second-order valence-corrected chi connectivity index (χ2v) is 9.55. The monoisotopic (exact) mass is 497 g/mol. The molecule has 2 aliphatic heterocycles. The zero-order chi connectivity index (χ0) is 25.5. The second-order valence-electron chi connectivity index (χ2n) is 9.55. The molecule has 0 spiro atoms. The Hall–Kier alpha value is -4.40. The first-order valence-electron chi connectivity index (χ1n) is 12.5. The Balaban J connectivity index is 1.14. The molecule has 4 heterocycles. The van der Waals surface area contributed by atoms with E-state index in [2.05, 4.69) is 5.10 Å². The summed E-state index contributed by atoms with van der Waals surface area (Å²) in [7, 11) is 0. The van der Waals surface area contributed by atoms with Crippen LogP contribution in [-0.2, 0) is 22.6 Å². The molecule has 0 unspecified atom stereocenters. The van der Waals surface area contributed by atoms with E-state index in [1.807, 2.05) is 61.5 Å². The summed E-state index contributed by atoms with van der Waals surface area (Å²) in [6, 6.07) is 17.4. The van der Waals surface area contributed by atoms with E-state index in [0.717, 1.165) is 22.5 Å². The summed E-state index contributed by atoms with van der Waals surface area (Å²) < 4.78 is 7.02. The number of nitrogens with one attached hydrogen (secondary N) is 1. The van der Waals surface area contributed by atoms with Crippen molar-refractivity contribution in [2.24, 2.45) is 0 Å². The zero-order valence-electron chi connectivity index (χ0n) is 20.6. The number of anilines is 1. The minimum absolute atomic E-state index is 0.00290. The van der Waals surface area contributed by atoms with Gasteiger partial charge in [-0.05, 0) is 43.0 Å². The van der Waals surface area contributed by atoms with Gasteiger partial charge in [-0.2, -0.15) is 0 Å². The number of benzene rings is 2. The highest BCUT2D eigenvalue weighted by atomic mass is 16.5. The van der Waals surface area contributed by atoms with Crippen molar-refractivity contribution in [2.45, 2.75) is 32.7 Å². The van der Waals surface area contributed by atoms with Crippen LogP contribution < -0.4 is 15.2 Å². The van der Waals surface area contributed by atoms with E-state index in [0.29, 0.717) is 61.6 Å². The fourth-order valence-corrected chi connectivity index (χ4v) is 5.08. The van der Waals surface area contributed by atoms with Gasteiger partial charge in [-0.15, -0.1) is 0 Å². The molecular formula is C28H27N5O4. The number of rotatable bonds is 5. The quantitative estimate of drug-likeness (QED) is 0.457. The Morgan fingerprint density at radius 2 is 1.95 bits per heavy atom. The van der Waals surface area contributed by atoms with Gasteiger partial charge in [0.2, 0.25) is 5.91 Å². The highest BCUT2D eigenvalue weighted by Crippen LogP contribution is 2.33. The third-order valence-corrected chi connectivity index (χ3v) is 7.03. The molecule has 0 fully saturated rings. The van der Waals surface area contributed by atoms with Crippen molar-refractivity contribution in [3.8, 4) is 17.0 Å². The number of fused-ring (bicyclic) bond motifs is 3. The fourth-order valence-electron chi connectivity index (χ4n) is 5.08. The number of amides is 2. The molecule has 9 heteroatoms. The van der Waals surface area contributed by atoms with Crippen LogP contribution in [0.25, 0.3) is 16.9 Å². The number of aromatic nitrogens is 3. The fraction of sp³-hybridized carbons (Fsp3) is 0.286. The van der Waals surface area contributed by atoms with E-state index in [4.69, 9.17) is 9.72 Å². The van der Waals surface area contributed by atoms with Gasteiger partial charge in [0.15, 0.2) is 12.3 Å². The van der Waals surface area contributed by atoms with Gasteiger partial charge >= 0.3 is 0 Å². The predicted molar refractivity (Wildman–Crippen MR) is 139 cm³/mol. The molecule has 0 saturated heterocycles. The first-order valence-corrected chi connectivity index (χ1v) is 12.5. The molecular weight excluding hydrogens is 470 g/mol. The summed E-state index contributed by atoms with van der Waals surface area (Å²) in [4.78, 5) is 46.9. The summed E-state index contributed by atoms with van der Waals surface area (Å²) in [5, 5.41) is 3.16. The van der Waals surface area contributed by atoms with Crippen LogP contribution in [0.3, 0.4) is 0 Å². The lowest BCUT2D eigenvalue weighted by Crippen LogP contribution is -2.41. The van der Waals surface area contributed by atoms with Crippen molar-refractivity contribution < 1.29 is 14.3 Å². The first-order chi connectivity index (χ1) is 18.0. The van der Waals surface area contributed by atoms with Crippen molar-refractivity contribution >= 4 is 23.1 Å². The molecule has 4 aromatic rings. The van der Waals surface area contributed by atoms with Crippen molar-refractivity contribution in [1.29, 1.82) is 0 Å². The largest absolute Gasteiger partial charge is 0.482 e. The van der Waals surface area contributed by atoms with E-state index < -0.39 is 0 Å². The standard InChI is InChI=1S/C28H27N5O4/c1-18-9-10-24-23(14-18)32(27(35)17-37-24)12-5-8-26(34)31-13-11-20-22(16-31)29-25-15-21(30-33(25)28(20)36)19-6-3-2-4-7-19/h2-4,6-7,9-10,14-15,30H,5,8,11-13,16-17H2,1H3. The third-order valence-electron chi connectivity index (χ3n) is 7.03. The molecule has 6 rings (SSSR count). The summed E-state index contributed by atoms with van der Waals surface area (Å²) >= 11 is 0. The van der Waals surface area contributed by atoms with Crippen LogP contribution in [0.15, 0.2) is 59.4 Å². The van der Waals surface area contributed by atoms with Gasteiger partial charge in [0, 0.05) is 31.1 Å². The highest BCUT2D eigenvalue weighted by Gasteiger charge is 2.28. The van der Waals surface area contributed by atoms with Gasteiger partial charge in [-0.3, -0.25) is 19.5 Å². The molecule has 2 aliphatic rings. The number of carbonyl (C=O) groups excluding carboxylic acids is 2. The molecule has 0 bridgehead atoms. The number of ether oxygens (including phenoxy) is 1. The summed E-state index contributed by atoms with van der Waals surface area (Å²) in [6.45, 7) is 3.21. The van der Waals surface area contributed by atoms with Crippen molar-refractivity contribution in [3.63, 3.8) is 0 Å². The van der Waals surface area contributed by atoms with Crippen molar-refractivity contribution in [1.82, 2.24) is 19.5 Å². The minimum atomic E-state index is -0.117. The Kier molecular flexibility index (Phi) is 5.75. The van der Waals surface area contributed by atoms with Gasteiger partial charge < -0.3 is 14.5 Å². The summed E-state index contributed by atoms with van der Waals surface area (Å²) in [5.74, 6) is 0.581. The number of nitrogens with zero attached hydrogens (tertiary/aromatic N) is 4. The summed E-state index contributed by atoms with van der Waals surface area (Å²) in [5.41, 5.74) is 5.30. The van der Waals surface area contributed by atoms with E-state index in [1.54, 1.807) is 9.80 Å². The summed E-state index contributed by atoms with van der Waals surface area (Å²) in [6.07, 6.45) is 1.31. The average molecular weight is 498 g/mol. The Morgan fingerprint density at radius 3 is 2.78 bits per heavy atom. The van der Waals surface area contributed by atoms with Crippen LogP contribution in [0.2, 0.25) is 0 Å². The van der Waals surface area contributed by atoms with Crippen LogP contribution in [0.1, 0.15) is 29.7 Å². The number of hydrogen-bond donors (Lipinski definition) is 1. The maximum Gasteiger partial charge on any atom is 0.276 e.